The molecule has 0 aliphatic rings. The Balaban J connectivity index is 2.12. The van der Waals surface area contributed by atoms with Gasteiger partial charge in [-0.15, -0.1) is 11.8 Å². The second-order valence-corrected chi connectivity index (χ2v) is 9.62. The van der Waals surface area contributed by atoms with Crippen molar-refractivity contribution in [1.82, 2.24) is 10.2 Å². The second-order valence-electron chi connectivity index (χ2n) is 7.80. The molecule has 7 heteroatoms. The number of nitrogens with one attached hydrogen (secondary N) is 1. The molecule has 31 heavy (non-hydrogen) atoms. The first-order chi connectivity index (χ1) is 14.8. The Hall–Kier alpha value is -1.69. The van der Waals surface area contributed by atoms with E-state index < -0.39 is 6.04 Å². The van der Waals surface area contributed by atoms with Crippen LogP contribution in [0.25, 0.3) is 0 Å². The van der Waals surface area contributed by atoms with Crippen LogP contribution >= 0.6 is 35.0 Å². The molecule has 0 saturated carbocycles. The molecule has 2 rings (SSSR count). The molecule has 0 aromatic heterocycles. The van der Waals surface area contributed by atoms with Crippen molar-refractivity contribution in [3.8, 4) is 0 Å². The maximum atomic E-state index is 13.2. The van der Waals surface area contributed by atoms with Crippen molar-refractivity contribution >= 4 is 46.8 Å². The summed E-state index contributed by atoms with van der Waals surface area (Å²) in [5.74, 6) is 1.06. The topological polar surface area (TPSA) is 49.4 Å². The van der Waals surface area contributed by atoms with E-state index in [1.54, 1.807) is 17.0 Å². The molecule has 2 aromatic rings. The van der Waals surface area contributed by atoms with E-state index in [-0.39, 0.29) is 17.6 Å². The number of thioether (sulfide) groups is 1. The van der Waals surface area contributed by atoms with Crippen LogP contribution in [0.15, 0.2) is 48.5 Å². The Labute approximate surface area is 199 Å². The number of nitrogens with zero attached hydrogens (tertiary/aromatic N) is 1. The van der Waals surface area contributed by atoms with Gasteiger partial charge in [0.25, 0.3) is 0 Å². The maximum Gasteiger partial charge on any atom is 0.242 e. The lowest BCUT2D eigenvalue weighted by Crippen LogP contribution is -2.50. The van der Waals surface area contributed by atoms with Crippen molar-refractivity contribution in [3.05, 3.63) is 69.7 Å². The Morgan fingerprint density at radius 1 is 1.06 bits per heavy atom. The van der Waals surface area contributed by atoms with Crippen molar-refractivity contribution in [2.75, 3.05) is 12.3 Å². The van der Waals surface area contributed by atoms with Crippen molar-refractivity contribution in [3.63, 3.8) is 0 Å². The molecule has 0 bridgehead atoms. The normalized spacial score (nSPS) is 11.9. The molecule has 1 atom stereocenters. The average Bonchev–Trinajstić information content (AvgIpc) is 2.74. The third kappa shape index (κ3) is 8.40. The van der Waals surface area contributed by atoms with E-state index in [0.717, 1.165) is 11.1 Å². The summed E-state index contributed by atoms with van der Waals surface area (Å²) in [5, 5.41) is 4.31. The van der Waals surface area contributed by atoms with Gasteiger partial charge in [0.15, 0.2) is 0 Å². The predicted octanol–water partition coefficient (Wildman–Crippen LogP) is 5.81. The fourth-order valence-electron chi connectivity index (χ4n) is 3.08. The first-order valence-corrected chi connectivity index (χ1v) is 12.4. The quantitative estimate of drug-likeness (QED) is 0.441. The molecule has 0 aliphatic heterocycles. The first-order valence-electron chi connectivity index (χ1n) is 10.4. The molecular weight excluding hydrogens is 451 g/mol. The van der Waals surface area contributed by atoms with Crippen LogP contribution in [0.4, 0.5) is 0 Å². The summed E-state index contributed by atoms with van der Waals surface area (Å²) in [4.78, 5) is 27.7. The van der Waals surface area contributed by atoms with Gasteiger partial charge in [-0.25, -0.2) is 0 Å². The molecule has 0 radical (unpaired) electrons. The van der Waals surface area contributed by atoms with E-state index in [2.05, 4.69) is 5.32 Å². The fraction of sp³-hybridized carbons (Fsp3) is 0.417. The van der Waals surface area contributed by atoms with Crippen LogP contribution < -0.4 is 5.32 Å². The number of hydrogen-bond acceptors (Lipinski definition) is 3. The van der Waals surface area contributed by atoms with Crippen LogP contribution in [-0.2, 0) is 21.9 Å². The van der Waals surface area contributed by atoms with Gasteiger partial charge in [-0.1, -0.05) is 74.3 Å². The van der Waals surface area contributed by atoms with E-state index in [1.165, 1.54) is 11.8 Å². The van der Waals surface area contributed by atoms with Crippen molar-refractivity contribution in [2.24, 2.45) is 5.92 Å². The van der Waals surface area contributed by atoms with Crippen LogP contribution in [0.5, 0.6) is 0 Å². The molecule has 4 nitrogen and oxygen atoms in total. The zero-order chi connectivity index (χ0) is 22.8. The highest BCUT2D eigenvalue weighted by molar-refractivity contribution is 7.99. The number of carbonyl (C=O) groups excluding carboxylic acids is 2. The highest BCUT2D eigenvalue weighted by atomic mass is 35.5. The molecule has 0 unspecified atom stereocenters. The summed E-state index contributed by atoms with van der Waals surface area (Å²) in [5.41, 5.74) is 1.93. The lowest BCUT2D eigenvalue weighted by Gasteiger charge is -2.31. The molecule has 0 aliphatic carbocycles. The van der Waals surface area contributed by atoms with Gasteiger partial charge in [-0.2, -0.15) is 0 Å². The smallest absolute Gasteiger partial charge is 0.242 e. The molecule has 0 fully saturated rings. The summed E-state index contributed by atoms with van der Waals surface area (Å²) in [7, 11) is 0. The number of halogens is 2. The molecular formula is C24H30Cl2N2O2S. The third-order valence-electron chi connectivity index (χ3n) is 4.78. The number of carbonyl (C=O) groups is 2. The van der Waals surface area contributed by atoms with E-state index in [4.69, 9.17) is 23.2 Å². The summed E-state index contributed by atoms with van der Waals surface area (Å²) >= 11 is 13.7. The molecule has 2 amide bonds. The van der Waals surface area contributed by atoms with E-state index in [1.807, 2.05) is 57.2 Å². The van der Waals surface area contributed by atoms with Crippen LogP contribution in [0.1, 0.15) is 38.3 Å². The predicted molar refractivity (Wildman–Crippen MR) is 132 cm³/mol. The van der Waals surface area contributed by atoms with Gasteiger partial charge in [0.2, 0.25) is 11.8 Å². The van der Waals surface area contributed by atoms with Gasteiger partial charge >= 0.3 is 0 Å². The van der Waals surface area contributed by atoms with Crippen molar-refractivity contribution in [1.29, 1.82) is 0 Å². The summed E-state index contributed by atoms with van der Waals surface area (Å²) < 4.78 is 0. The number of rotatable bonds is 11. The van der Waals surface area contributed by atoms with Crippen molar-refractivity contribution in [2.45, 2.75) is 45.5 Å². The van der Waals surface area contributed by atoms with Crippen LogP contribution in [-0.4, -0.2) is 35.1 Å². The average molecular weight is 481 g/mol. The second kappa shape index (κ2) is 13.0. The Morgan fingerprint density at radius 2 is 1.74 bits per heavy atom. The Bertz CT molecular complexity index is 859. The zero-order valence-corrected chi connectivity index (χ0v) is 20.6. The number of hydrogen-bond donors (Lipinski definition) is 1. The Morgan fingerprint density at radius 3 is 2.35 bits per heavy atom. The summed E-state index contributed by atoms with van der Waals surface area (Å²) in [6, 6.07) is 14.5. The standard InChI is InChI=1S/C24H30Cl2N2O2S/c1-4-22(24(30)27-13-17(2)3)28(14-18-9-11-20(25)12-10-18)23(29)16-31-15-19-7-5-6-8-21(19)26/h5-12,17,22H,4,13-16H2,1-3H3,(H,27,30)/t22-/m0/s1. The molecule has 0 saturated heterocycles. The highest BCUT2D eigenvalue weighted by Crippen LogP contribution is 2.22. The molecule has 2 aromatic carbocycles. The number of amides is 2. The summed E-state index contributed by atoms with van der Waals surface area (Å²) in [6.45, 7) is 6.96. The molecule has 168 valence electrons. The molecule has 0 spiro atoms. The van der Waals surface area contributed by atoms with Crippen LogP contribution in [0.3, 0.4) is 0 Å². The van der Waals surface area contributed by atoms with Gasteiger partial charge < -0.3 is 10.2 Å². The minimum atomic E-state index is -0.525. The minimum Gasteiger partial charge on any atom is -0.354 e. The SMILES string of the molecule is CC[C@@H](C(=O)NCC(C)C)N(Cc1ccc(Cl)cc1)C(=O)CSCc1ccccc1Cl. The summed E-state index contributed by atoms with van der Waals surface area (Å²) in [6.07, 6.45) is 0.540. The highest BCUT2D eigenvalue weighted by Gasteiger charge is 2.28. The largest absolute Gasteiger partial charge is 0.354 e. The van der Waals surface area contributed by atoms with E-state index in [0.29, 0.717) is 41.2 Å². The monoisotopic (exact) mass is 480 g/mol. The van der Waals surface area contributed by atoms with Gasteiger partial charge in [0, 0.05) is 28.9 Å². The zero-order valence-electron chi connectivity index (χ0n) is 18.2. The number of benzene rings is 2. The van der Waals surface area contributed by atoms with Gasteiger partial charge in [-0.3, -0.25) is 9.59 Å². The van der Waals surface area contributed by atoms with Crippen LogP contribution in [0.2, 0.25) is 10.0 Å². The Kier molecular flexibility index (Phi) is 10.7. The lowest BCUT2D eigenvalue weighted by atomic mass is 10.1. The van der Waals surface area contributed by atoms with Gasteiger partial charge in [-0.05, 0) is 41.7 Å². The molecule has 1 N–H and O–H groups in total. The van der Waals surface area contributed by atoms with Gasteiger partial charge in [0.05, 0.1) is 5.75 Å². The first kappa shape index (κ1) is 25.6. The maximum absolute atomic E-state index is 13.2. The van der Waals surface area contributed by atoms with Crippen LogP contribution in [0, 0.1) is 5.92 Å². The molecule has 0 heterocycles. The minimum absolute atomic E-state index is 0.0708. The van der Waals surface area contributed by atoms with E-state index >= 15 is 0 Å². The van der Waals surface area contributed by atoms with E-state index in [9.17, 15) is 9.59 Å². The fourth-order valence-corrected chi connectivity index (χ4v) is 4.40. The lowest BCUT2D eigenvalue weighted by molar-refractivity contribution is -0.139. The van der Waals surface area contributed by atoms with Gasteiger partial charge in [0.1, 0.15) is 6.04 Å². The third-order valence-corrected chi connectivity index (χ3v) is 6.36. The van der Waals surface area contributed by atoms with Crippen molar-refractivity contribution < 1.29 is 9.59 Å².